The van der Waals surface area contributed by atoms with Crippen molar-refractivity contribution >= 4 is 32.2 Å². The number of carbonyl (C=O) groups excluding carboxylic acids is 2. The van der Waals surface area contributed by atoms with Gasteiger partial charge >= 0.3 is 11.9 Å². The first-order valence-corrected chi connectivity index (χ1v) is 36.3. The smallest absolute Gasteiger partial charge is 0.305 e. The van der Waals surface area contributed by atoms with Crippen molar-refractivity contribution in [3.05, 3.63) is 129 Å². The molecule has 26 heteroatoms. The van der Waals surface area contributed by atoms with Gasteiger partial charge in [-0.15, -0.1) is 0 Å². The molecule has 2 aliphatic heterocycles. The summed E-state index contributed by atoms with van der Waals surface area (Å²) in [6.07, 6.45) is 9.05. The Bertz CT molecular complexity index is 3640. The van der Waals surface area contributed by atoms with Gasteiger partial charge < -0.3 is 84.4 Å². The van der Waals surface area contributed by atoms with Crippen molar-refractivity contribution < 1.29 is 111 Å². The van der Waals surface area contributed by atoms with Crippen LogP contribution in [0.1, 0.15) is 114 Å². The molecule has 0 fully saturated rings. The zero-order valence-electron chi connectivity index (χ0n) is 61.4. The molecular weight excluding hydrogens is 1340 g/mol. The molecule has 0 aromatic heterocycles. The van der Waals surface area contributed by atoms with Crippen LogP contribution in [0.15, 0.2) is 94.7 Å². The maximum absolute atomic E-state index is 13.0. The lowest BCUT2D eigenvalue weighted by atomic mass is 9.85. The first-order chi connectivity index (χ1) is 48.2. The van der Waals surface area contributed by atoms with Gasteiger partial charge in [0.1, 0.15) is 32.3 Å². The Morgan fingerprint density at radius 2 is 0.683 bits per heavy atom. The Labute approximate surface area is 596 Å². The van der Waals surface area contributed by atoms with E-state index < -0.39 is 20.2 Å². The SMILES string of the molecule is COc1cc(CC2c3c(cc(OC)c(OC)c3OC)CC[N+]2(C)CCCOC(=O)CCCCCCCC(=O)OCCC[N@+]2(C)CCc3cc(OC)c(OC)c(OC)c3[C@H]2Cc2cc(OC)c(OC)c(OC)c2)cc(OC)c1OC.Cc1ccc(S(=O)(=O)[O-])cc1.Cc1ccc(S(=O)(=O)[O-])cc1. The van der Waals surface area contributed by atoms with E-state index in [1.807, 2.05) is 38.1 Å². The normalized spacial score (nSPS) is 16.8. The second-order valence-electron chi connectivity index (χ2n) is 25.2. The summed E-state index contributed by atoms with van der Waals surface area (Å²) >= 11 is 0. The number of fused-ring (bicyclic) bond motifs is 2. The molecule has 2 heterocycles. The van der Waals surface area contributed by atoms with Crippen LogP contribution < -0.4 is 56.8 Å². The zero-order chi connectivity index (χ0) is 74.2. The maximum Gasteiger partial charge on any atom is 0.305 e. The summed E-state index contributed by atoms with van der Waals surface area (Å²) < 4.78 is 145. The van der Waals surface area contributed by atoms with E-state index in [-0.39, 0.29) is 33.8 Å². The van der Waals surface area contributed by atoms with E-state index in [2.05, 4.69) is 26.2 Å². The molecule has 2 aliphatic rings. The first-order valence-electron chi connectivity index (χ1n) is 33.4. The average molecular weight is 1450 g/mol. The number of benzene rings is 6. The number of quaternary nitrogens is 2. The van der Waals surface area contributed by atoms with E-state index in [1.54, 1.807) is 110 Å². The number of aryl methyl sites for hydroxylation is 2. The molecular formula is C75H102N2O22S2. The van der Waals surface area contributed by atoms with Crippen LogP contribution in [-0.2, 0) is 65.0 Å². The number of ether oxygens (including phenoxy) is 14. The Morgan fingerprint density at radius 3 is 0.960 bits per heavy atom. The summed E-state index contributed by atoms with van der Waals surface area (Å²) in [5.74, 6) is 6.66. The highest BCUT2D eigenvalue weighted by molar-refractivity contribution is 7.86. The number of rotatable bonds is 34. The fraction of sp³-hybridized carbons (Fsp3) is 0.493. The summed E-state index contributed by atoms with van der Waals surface area (Å²) in [5, 5.41) is 0. The van der Waals surface area contributed by atoms with E-state index in [1.165, 1.54) is 24.3 Å². The third-order valence-corrected chi connectivity index (χ3v) is 20.4. The first kappa shape index (κ1) is 81.6. The molecule has 0 aliphatic carbocycles. The van der Waals surface area contributed by atoms with Gasteiger partial charge in [0.25, 0.3) is 0 Å². The molecule has 101 heavy (non-hydrogen) atoms. The fourth-order valence-electron chi connectivity index (χ4n) is 13.3. The molecule has 6 aromatic carbocycles. The highest BCUT2D eigenvalue weighted by Crippen LogP contribution is 2.53. The Balaban J connectivity index is 0.000000615. The Morgan fingerprint density at radius 1 is 0.396 bits per heavy atom. The third-order valence-electron chi connectivity index (χ3n) is 18.7. The lowest BCUT2D eigenvalue weighted by molar-refractivity contribution is -0.941. The second-order valence-corrected chi connectivity index (χ2v) is 28.0. The van der Waals surface area contributed by atoms with E-state index in [0.29, 0.717) is 130 Å². The van der Waals surface area contributed by atoms with E-state index in [0.717, 1.165) is 116 Å². The summed E-state index contributed by atoms with van der Waals surface area (Å²) in [7, 11) is 15.5. The van der Waals surface area contributed by atoms with Gasteiger partial charge in [-0.2, -0.15) is 0 Å². The topological polar surface area (TPSA) is 278 Å². The molecule has 2 unspecified atom stereocenters. The van der Waals surface area contributed by atoms with Gasteiger partial charge in [0.15, 0.2) is 46.0 Å². The van der Waals surface area contributed by atoms with Crippen LogP contribution in [0.4, 0.5) is 0 Å². The quantitative estimate of drug-likeness (QED) is 0.0157. The number of hydrogen-bond acceptors (Lipinski definition) is 22. The number of hydrogen-bond donors (Lipinski definition) is 0. The van der Waals surface area contributed by atoms with Gasteiger partial charge in [-0.1, -0.05) is 54.7 Å². The predicted octanol–water partition coefficient (Wildman–Crippen LogP) is 11.5. The summed E-state index contributed by atoms with van der Waals surface area (Å²) in [6, 6.07) is 23.5. The van der Waals surface area contributed by atoms with Crippen LogP contribution in [0, 0.1) is 13.8 Å². The number of methoxy groups -OCH3 is 12. The van der Waals surface area contributed by atoms with Crippen molar-refractivity contribution in [1.82, 2.24) is 0 Å². The fourth-order valence-corrected chi connectivity index (χ4v) is 14.2. The second kappa shape index (κ2) is 38.0. The summed E-state index contributed by atoms with van der Waals surface area (Å²) in [4.78, 5) is 25.6. The summed E-state index contributed by atoms with van der Waals surface area (Å²) in [6.45, 7) is 7.51. The standard InChI is InChI=1S/C61H88N2O16.2C7H8O3S/c1-62(28-24-42-38-50(70-7)58(74-11)60(76-13)54(42)44(62)32-40-34-46(66-3)56(72-9)47(35-40)67-4)26-20-30-78-52(64)22-18-16-15-17-19-23-53(65)79-31-21-27-63(2)29-25-43-39-51(71-8)59(75-12)61(77-14)55(43)45(63)33-41-36-48(68-5)57(73-10)49(37-41)69-6;2*1-6-2-4-7(5-3-6)11(8,9)10/h34-39,44-45H,15-33H2,1-14H3;2*2-5H,1H3,(H,8,9,10)/q+2;;/p-2/t44-,45?,62-,63?;;/m1../s1. The van der Waals surface area contributed by atoms with Gasteiger partial charge in [-0.3, -0.25) is 9.59 Å². The minimum atomic E-state index is -4.27. The number of esters is 2. The molecule has 24 nitrogen and oxygen atoms in total. The number of nitrogens with zero attached hydrogens (tertiary/aromatic N) is 2. The highest BCUT2D eigenvalue weighted by Gasteiger charge is 2.45. The van der Waals surface area contributed by atoms with E-state index >= 15 is 0 Å². The van der Waals surface area contributed by atoms with Crippen molar-refractivity contribution in [3.8, 4) is 69.0 Å². The molecule has 0 bridgehead atoms. The monoisotopic (exact) mass is 1450 g/mol. The maximum atomic E-state index is 13.0. The average Bonchev–Trinajstić information content (AvgIpc) is 0.748. The van der Waals surface area contributed by atoms with E-state index in [9.17, 15) is 35.5 Å². The largest absolute Gasteiger partial charge is 0.744 e. The Kier molecular flexibility index (Phi) is 30.7. The van der Waals surface area contributed by atoms with Gasteiger partial charge in [0.05, 0.1) is 160 Å². The highest BCUT2D eigenvalue weighted by atomic mass is 32.2. The molecule has 4 atom stereocenters. The molecule has 8 rings (SSSR count). The molecule has 0 radical (unpaired) electrons. The van der Waals surface area contributed by atoms with Crippen molar-refractivity contribution in [2.75, 3.05) is 139 Å². The van der Waals surface area contributed by atoms with Crippen LogP contribution in [-0.4, -0.2) is 186 Å². The summed E-state index contributed by atoms with van der Waals surface area (Å²) in [5.41, 5.74) is 8.28. The van der Waals surface area contributed by atoms with E-state index in [4.69, 9.17) is 66.3 Å². The molecule has 0 N–H and O–H groups in total. The minimum Gasteiger partial charge on any atom is -0.744 e. The lowest BCUT2D eigenvalue weighted by Crippen LogP contribution is -2.52. The number of likely N-dealkylation sites (N-methyl/N-ethyl adjacent to an activating group) is 2. The molecule has 0 saturated carbocycles. The van der Waals surface area contributed by atoms with Gasteiger partial charge in [0, 0.05) is 51.4 Å². The third kappa shape index (κ3) is 21.3. The van der Waals surface area contributed by atoms with Crippen LogP contribution in [0.3, 0.4) is 0 Å². The van der Waals surface area contributed by atoms with Crippen LogP contribution in [0.2, 0.25) is 0 Å². The van der Waals surface area contributed by atoms with Crippen molar-refractivity contribution in [2.24, 2.45) is 0 Å². The lowest BCUT2D eigenvalue weighted by Gasteiger charge is -2.46. The minimum absolute atomic E-state index is 0.0585. The molecule has 0 spiro atoms. The molecule has 0 amide bonds. The van der Waals surface area contributed by atoms with Crippen LogP contribution >= 0.6 is 0 Å². The van der Waals surface area contributed by atoms with Gasteiger partial charge in [-0.05, 0) is 110 Å². The van der Waals surface area contributed by atoms with Gasteiger partial charge in [0.2, 0.25) is 23.0 Å². The van der Waals surface area contributed by atoms with Crippen LogP contribution in [0.25, 0.3) is 0 Å². The van der Waals surface area contributed by atoms with Gasteiger partial charge in [-0.25, -0.2) is 16.8 Å². The predicted molar refractivity (Wildman–Crippen MR) is 378 cm³/mol. The number of unbranched alkanes of at least 4 members (excludes halogenated alkanes) is 4. The number of carbonyl (C=O) groups is 2. The molecule has 0 saturated heterocycles. The zero-order valence-corrected chi connectivity index (χ0v) is 63.0. The van der Waals surface area contributed by atoms with Crippen LogP contribution in [0.5, 0.6) is 69.0 Å². The Hall–Kier alpha value is -8.40. The molecule has 556 valence electrons. The van der Waals surface area contributed by atoms with Crippen molar-refractivity contribution in [1.29, 1.82) is 0 Å². The molecule has 6 aromatic rings. The van der Waals surface area contributed by atoms with Crippen molar-refractivity contribution in [3.63, 3.8) is 0 Å². The van der Waals surface area contributed by atoms with Crippen molar-refractivity contribution in [2.45, 2.75) is 119 Å².